The van der Waals surface area contributed by atoms with Gasteiger partial charge in [0.15, 0.2) is 14.3 Å². The van der Waals surface area contributed by atoms with E-state index in [1.54, 1.807) is 20.8 Å². The molecule has 0 bridgehead atoms. The average molecular weight is 294 g/mol. The molecular formula is C12H23O6P. The van der Waals surface area contributed by atoms with Crippen molar-refractivity contribution in [2.24, 2.45) is 5.92 Å². The van der Waals surface area contributed by atoms with E-state index in [0.717, 1.165) is 0 Å². The van der Waals surface area contributed by atoms with E-state index in [2.05, 4.69) is 0 Å². The Kier molecular flexibility index (Phi) is 10.7. The second-order valence-corrected chi connectivity index (χ2v) is 5.10. The molecule has 0 aliphatic carbocycles. The summed E-state index contributed by atoms with van der Waals surface area (Å²) in [4.78, 5) is 32.8. The molecule has 0 aromatic rings. The number of ether oxygens (including phenoxy) is 2. The predicted octanol–water partition coefficient (Wildman–Crippen LogP) is 1.85. The molecule has 1 atom stereocenters. The van der Waals surface area contributed by atoms with Crippen molar-refractivity contribution < 1.29 is 28.5 Å². The third kappa shape index (κ3) is 8.14. The third-order valence-electron chi connectivity index (χ3n) is 2.26. The van der Waals surface area contributed by atoms with Gasteiger partial charge in [0.25, 0.3) is 0 Å². The van der Waals surface area contributed by atoms with Gasteiger partial charge in [0, 0.05) is 6.16 Å². The van der Waals surface area contributed by atoms with Crippen molar-refractivity contribution in [2.45, 2.75) is 33.6 Å². The van der Waals surface area contributed by atoms with E-state index in [4.69, 9.17) is 14.0 Å². The highest BCUT2D eigenvalue weighted by Crippen LogP contribution is 2.32. The zero-order valence-electron chi connectivity index (χ0n) is 11.8. The van der Waals surface area contributed by atoms with Crippen molar-refractivity contribution in [1.29, 1.82) is 0 Å². The topological polar surface area (TPSA) is 82.1 Å². The van der Waals surface area contributed by atoms with Crippen molar-refractivity contribution in [2.75, 3.05) is 26.0 Å². The van der Waals surface area contributed by atoms with Crippen LogP contribution < -0.4 is 0 Å². The lowest BCUT2D eigenvalue weighted by Gasteiger charge is -2.15. The monoisotopic (exact) mass is 294 g/mol. The predicted molar refractivity (Wildman–Crippen MR) is 71.6 cm³/mol. The molecule has 0 fully saturated rings. The summed E-state index contributed by atoms with van der Waals surface area (Å²) in [6.45, 7) is 6.05. The molecule has 0 heterocycles. The molecule has 0 aliphatic rings. The largest absolute Gasteiger partial charge is 0.465 e. The fourth-order valence-corrected chi connectivity index (χ4v) is 2.34. The lowest BCUT2D eigenvalue weighted by molar-refractivity contribution is -0.161. The fourth-order valence-electron chi connectivity index (χ4n) is 1.46. The van der Waals surface area contributed by atoms with Gasteiger partial charge < -0.3 is 18.9 Å². The van der Waals surface area contributed by atoms with Gasteiger partial charge in [0.1, 0.15) is 0 Å². The molecule has 0 amide bonds. The normalized spacial score (nSPS) is 12.3. The number of carbonyl (C=O) groups excluding carboxylic acids is 2. The molecule has 7 heteroatoms. The van der Waals surface area contributed by atoms with Gasteiger partial charge in [-0.25, -0.2) is 0 Å². The molecule has 19 heavy (non-hydrogen) atoms. The Bertz CT molecular complexity index is 253. The van der Waals surface area contributed by atoms with Crippen LogP contribution in [0, 0.1) is 5.92 Å². The molecule has 0 aromatic heterocycles. The molecule has 0 spiro atoms. The molecule has 1 unspecified atom stereocenters. The summed E-state index contributed by atoms with van der Waals surface area (Å²) in [5.74, 6) is -2.05. The average Bonchev–Trinajstić information content (AvgIpc) is 2.35. The molecule has 112 valence electrons. The van der Waals surface area contributed by atoms with Gasteiger partial charge in [-0.3, -0.25) is 9.59 Å². The molecule has 6 nitrogen and oxygen atoms in total. The molecule has 0 saturated heterocycles. The van der Waals surface area contributed by atoms with Crippen molar-refractivity contribution >= 4 is 20.3 Å². The Hall–Kier alpha value is -0.710. The summed E-state index contributed by atoms with van der Waals surface area (Å²) in [5.41, 5.74) is 0. The van der Waals surface area contributed by atoms with Gasteiger partial charge in [-0.05, 0) is 33.6 Å². The van der Waals surface area contributed by atoms with Crippen LogP contribution >= 0.6 is 8.38 Å². The lowest BCUT2D eigenvalue weighted by Crippen LogP contribution is -2.28. The Morgan fingerprint density at radius 2 is 1.58 bits per heavy atom. The van der Waals surface area contributed by atoms with Gasteiger partial charge in [-0.1, -0.05) is 0 Å². The van der Waals surface area contributed by atoms with E-state index >= 15 is 0 Å². The number of rotatable bonds is 10. The first-order valence-corrected chi connectivity index (χ1v) is 7.89. The van der Waals surface area contributed by atoms with Crippen LogP contribution in [0.3, 0.4) is 0 Å². The number of esters is 2. The van der Waals surface area contributed by atoms with E-state index in [0.29, 0.717) is 25.6 Å². The maximum Gasteiger partial charge on any atom is 0.320 e. The number of hydrogen-bond donors (Lipinski definition) is 1. The van der Waals surface area contributed by atoms with Crippen LogP contribution in [0.15, 0.2) is 0 Å². The van der Waals surface area contributed by atoms with Gasteiger partial charge in [0.05, 0.1) is 19.8 Å². The highest BCUT2D eigenvalue weighted by atomic mass is 31.2. The zero-order chi connectivity index (χ0) is 14.7. The van der Waals surface area contributed by atoms with Crippen LogP contribution in [-0.2, 0) is 23.6 Å². The highest BCUT2D eigenvalue weighted by molar-refractivity contribution is 7.46. The summed E-state index contributed by atoms with van der Waals surface area (Å²) >= 11 is 0. The molecule has 0 aromatic carbocycles. The first-order chi connectivity index (χ1) is 9.06. The molecule has 1 N–H and O–H groups in total. The maximum atomic E-state index is 11.6. The first-order valence-electron chi connectivity index (χ1n) is 6.49. The van der Waals surface area contributed by atoms with Gasteiger partial charge in [0.2, 0.25) is 0 Å². The summed E-state index contributed by atoms with van der Waals surface area (Å²) in [6.07, 6.45) is 1.23. The van der Waals surface area contributed by atoms with E-state index in [9.17, 15) is 14.5 Å². The van der Waals surface area contributed by atoms with Crippen LogP contribution in [0.25, 0.3) is 0 Å². The molecule has 0 radical (unpaired) electrons. The highest BCUT2D eigenvalue weighted by Gasteiger charge is 2.29. The number of hydrogen-bond acceptors (Lipinski definition) is 6. The van der Waals surface area contributed by atoms with E-state index in [1.807, 2.05) is 0 Å². The quantitative estimate of drug-likeness (QED) is 0.376. The van der Waals surface area contributed by atoms with Crippen LogP contribution in [0.4, 0.5) is 0 Å². The minimum absolute atomic E-state index is 0.223. The molecule has 0 aliphatic heterocycles. The minimum Gasteiger partial charge on any atom is -0.465 e. The van der Waals surface area contributed by atoms with Crippen molar-refractivity contribution in [3.8, 4) is 0 Å². The SMILES string of the molecule is CCOC(=O)C(CCCP(O)OCC)C(=O)OCC. The van der Waals surface area contributed by atoms with Gasteiger partial charge in [-0.2, -0.15) is 0 Å². The lowest BCUT2D eigenvalue weighted by atomic mass is 10.0. The Morgan fingerprint density at radius 3 is 2.00 bits per heavy atom. The Balaban J connectivity index is 4.26. The molecule has 0 rings (SSSR count). The second kappa shape index (κ2) is 11.1. The van der Waals surface area contributed by atoms with Crippen molar-refractivity contribution in [3.05, 3.63) is 0 Å². The summed E-state index contributed by atoms with van der Waals surface area (Å²) in [5, 5.41) is 0. The summed E-state index contributed by atoms with van der Waals surface area (Å²) < 4.78 is 14.7. The van der Waals surface area contributed by atoms with Crippen LogP contribution in [0.5, 0.6) is 0 Å². The molecule has 0 saturated carbocycles. The van der Waals surface area contributed by atoms with Gasteiger partial charge in [-0.15, -0.1) is 0 Å². The van der Waals surface area contributed by atoms with E-state index in [-0.39, 0.29) is 13.2 Å². The smallest absolute Gasteiger partial charge is 0.320 e. The summed E-state index contributed by atoms with van der Waals surface area (Å²) in [6, 6.07) is 0. The van der Waals surface area contributed by atoms with E-state index in [1.165, 1.54) is 0 Å². The Morgan fingerprint density at radius 1 is 1.05 bits per heavy atom. The van der Waals surface area contributed by atoms with Crippen molar-refractivity contribution in [1.82, 2.24) is 0 Å². The number of carbonyl (C=O) groups is 2. The summed E-state index contributed by atoms with van der Waals surface area (Å²) in [7, 11) is -1.47. The third-order valence-corrected chi connectivity index (χ3v) is 3.52. The van der Waals surface area contributed by atoms with Crippen LogP contribution in [0.1, 0.15) is 33.6 Å². The standard InChI is InChI=1S/C12H23O6P/c1-4-16-11(13)10(12(14)17-5-2)8-7-9-19(15)18-6-3/h10,15H,4-9H2,1-3H3. The first kappa shape index (κ1) is 18.3. The van der Waals surface area contributed by atoms with Crippen molar-refractivity contribution in [3.63, 3.8) is 0 Å². The zero-order valence-corrected chi connectivity index (χ0v) is 12.7. The molecular weight excluding hydrogens is 271 g/mol. The van der Waals surface area contributed by atoms with E-state index < -0.39 is 26.2 Å². The van der Waals surface area contributed by atoms with Crippen LogP contribution in [-0.4, -0.2) is 42.8 Å². The van der Waals surface area contributed by atoms with Crippen LogP contribution in [0.2, 0.25) is 0 Å². The second-order valence-electron chi connectivity index (χ2n) is 3.69. The Labute approximate surface area is 115 Å². The maximum absolute atomic E-state index is 11.6. The minimum atomic E-state index is -1.47. The van der Waals surface area contributed by atoms with Gasteiger partial charge >= 0.3 is 11.9 Å². The fraction of sp³-hybridized carbons (Fsp3) is 0.833.